The first-order chi connectivity index (χ1) is 11.2. The average molecular weight is 317 g/mol. The van der Waals surface area contributed by atoms with Crippen LogP contribution in [0.2, 0.25) is 0 Å². The predicted octanol–water partition coefficient (Wildman–Crippen LogP) is 2.61. The molecule has 0 saturated carbocycles. The number of carbonyl (C=O) groups excluding carboxylic acids is 1. The number of nitrogens with one attached hydrogen (secondary N) is 1. The van der Waals surface area contributed by atoms with Gasteiger partial charge in [-0.2, -0.15) is 0 Å². The normalized spacial score (nSPS) is 11.9. The van der Waals surface area contributed by atoms with E-state index in [9.17, 15) is 9.18 Å². The highest BCUT2D eigenvalue weighted by Crippen LogP contribution is 2.16. The summed E-state index contributed by atoms with van der Waals surface area (Å²) in [5, 5.41) is 8.65. The average Bonchev–Trinajstić information content (AvgIpc) is 2.58. The molecule has 1 atom stereocenters. The summed E-state index contributed by atoms with van der Waals surface area (Å²) in [4.78, 5) is 16.8. The Bertz CT molecular complexity index is 601. The predicted molar refractivity (Wildman–Crippen MR) is 84.7 cm³/mol. The lowest BCUT2D eigenvalue weighted by atomic mass is 9.92. The molecule has 0 fully saturated rings. The standard InChI is InChI=1S/C18H20FNO3/c19-17-10-7-14(8-11-17)6-9-16(18(22)20-23-13-21)12-15-4-2-1-3-5-15/h1-5,7-8,10-11,16,21H,6,9,12-13H2,(H,20,22)/t16-/m0/s1. The number of aliphatic hydroxyl groups is 1. The molecule has 0 bridgehead atoms. The van der Waals surface area contributed by atoms with Crippen LogP contribution in [0.4, 0.5) is 4.39 Å². The van der Waals surface area contributed by atoms with E-state index in [1.54, 1.807) is 12.1 Å². The van der Waals surface area contributed by atoms with Crippen LogP contribution in [-0.2, 0) is 22.5 Å². The lowest BCUT2D eigenvalue weighted by molar-refractivity contribution is -0.146. The number of amides is 1. The van der Waals surface area contributed by atoms with E-state index in [0.29, 0.717) is 19.3 Å². The van der Waals surface area contributed by atoms with Crippen molar-refractivity contribution in [3.8, 4) is 0 Å². The molecular weight excluding hydrogens is 297 g/mol. The Hall–Kier alpha value is -2.24. The van der Waals surface area contributed by atoms with Crippen LogP contribution in [-0.4, -0.2) is 17.8 Å². The molecule has 4 nitrogen and oxygen atoms in total. The Morgan fingerprint density at radius 2 is 1.78 bits per heavy atom. The third-order valence-corrected chi connectivity index (χ3v) is 3.63. The van der Waals surface area contributed by atoms with Crippen LogP contribution in [0, 0.1) is 11.7 Å². The molecule has 2 aromatic rings. The number of hydrogen-bond acceptors (Lipinski definition) is 3. The van der Waals surface area contributed by atoms with E-state index < -0.39 is 6.79 Å². The van der Waals surface area contributed by atoms with Crippen molar-refractivity contribution >= 4 is 5.91 Å². The molecule has 23 heavy (non-hydrogen) atoms. The minimum atomic E-state index is -0.568. The van der Waals surface area contributed by atoms with Crippen LogP contribution >= 0.6 is 0 Å². The summed E-state index contributed by atoms with van der Waals surface area (Å²) in [6.07, 6.45) is 1.83. The lowest BCUT2D eigenvalue weighted by Gasteiger charge is -2.16. The largest absolute Gasteiger partial charge is 0.368 e. The fourth-order valence-corrected chi connectivity index (χ4v) is 2.40. The molecule has 2 rings (SSSR count). The molecule has 0 aliphatic heterocycles. The third-order valence-electron chi connectivity index (χ3n) is 3.63. The van der Waals surface area contributed by atoms with Crippen molar-refractivity contribution in [3.63, 3.8) is 0 Å². The highest BCUT2D eigenvalue weighted by molar-refractivity contribution is 5.77. The first-order valence-electron chi connectivity index (χ1n) is 7.50. The van der Waals surface area contributed by atoms with E-state index in [4.69, 9.17) is 5.11 Å². The van der Waals surface area contributed by atoms with Gasteiger partial charge in [-0.15, -0.1) is 0 Å². The van der Waals surface area contributed by atoms with Gasteiger partial charge in [-0.05, 0) is 42.5 Å². The minimum Gasteiger partial charge on any atom is -0.368 e. The Morgan fingerprint density at radius 3 is 2.43 bits per heavy atom. The number of benzene rings is 2. The molecule has 2 N–H and O–H groups in total. The van der Waals surface area contributed by atoms with E-state index in [-0.39, 0.29) is 17.6 Å². The van der Waals surface area contributed by atoms with Crippen molar-refractivity contribution in [3.05, 3.63) is 71.5 Å². The van der Waals surface area contributed by atoms with Crippen molar-refractivity contribution in [1.29, 1.82) is 0 Å². The molecule has 0 spiro atoms. The Kier molecular flexibility index (Phi) is 6.72. The zero-order valence-electron chi connectivity index (χ0n) is 12.7. The summed E-state index contributed by atoms with van der Waals surface area (Å²) < 4.78 is 12.9. The molecule has 0 radical (unpaired) electrons. The van der Waals surface area contributed by atoms with E-state index in [2.05, 4.69) is 10.3 Å². The molecule has 0 unspecified atom stereocenters. The number of halogens is 1. The number of rotatable bonds is 8. The van der Waals surface area contributed by atoms with Gasteiger partial charge in [0.1, 0.15) is 5.82 Å². The highest BCUT2D eigenvalue weighted by atomic mass is 19.1. The summed E-state index contributed by atoms with van der Waals surface area (Å²) in [7, 11) is 0. The zero-order valence-corrected chi connectivity index (χ0v) is 12.7. The van der Waals surface area contributed by atoms with Gasteiger partial charge in [-0.1, -0.05) is 42.5 Å². The summed E-state index contributed by atoms with van der Waals surface area (Å²) in [5.74, 6) is -0.845. The van der Waals surface area contributed by atoms with E-state index in [0.717, 1.165) is 11.1 Å². The Labute approximate surface area is 134 Å². The fourth-order valence-electron chi connectivity index (χ4n) is 2.40. The van der Waals surface area contributed by atoms with Gasteiger partial charge >= 0.3 is 0 Å². The summed E-state index contributed by atoms with van der Waals surface area (Å²) in [6, 6.07) is 16.0. The van der Waals surface area contributed by atoms with Gasteiger partial charge in [-0.3, -0.25) is 4.79 Å². The van der Waals surface area contributed by atoms with E-state index in [1.165, 1.54) is 12.1 Å². The van der Waals surface area contributed by atoms with Crippen molar-refractivity contribution in [1.82, 2.24) is 5.48 Å². The van der Waals surface area contributed by atoms with Crippen LogP contribution in [0.25, 0.3) is 0 Å². The second kappa shape index (κ2) is 9.02. The molecule has 0 aromatic heterocycles. The molecule has 122 valence electrons. The Morgan fingerprint density at radius 1 is 1.09 bits per heavy atom. The van der Waals surface area contributed by atoms with E-state index >= 15 is 0 Å². The lowest BCUT2D eigenvalue weighted by Crippen LogP contribution is -2.32. The quantitative estimate of drug-likeness (QED) is 0.581. The van der Waals surface area contributed by atoms with Crippen LogP contribution < -0.4 is 5.48 Å². The molecule has 0 heterocycles. The molecule has 2 aromatic carbocycles. The van der Waals surface area contributed by atoms with Gasteiger partial charge in [0.05, 0.1) is 0 Å². The second-order valence-corrected chi connectivity index (χ2v) is 5.29. The van der Waals surface area contributed by atoms with Crippen LogP contribution in [0.5, 0.6) is 0 Å². The van der Waals surface area contributed by atoms with Gasteiger partial charge in [0.15, 0.2) is 6.79 Å². The number of carbonyl (C=O) groups is 1. The maximum atomic E-state index is 12.9. The maximum absolute atomic E-state index is 12.9. The zero-order chi connectivity index (χ0) is 16.5. The van der Waals surface area contributed by atoms with Gasteiger partial charge in [0.2, 0.25) is 5.91 Å². The van der Waals surface area contributed by atoms with Crippen LogP contribution in [0.1, 0.15) is 17.5 Å². The number of aliphatic hydroxyl groups excluding tert-OH is 1. The smallest absolute Gasteiger partial charge is 0.247 e. The maximum Gasteiger partial charge on any atom is 0.247 e. The van der Waals surface area contributed by atoms with Crippen molar-refractivity contribution in [2.45, 2.75) is 19.3 Å². The number of aryl methyl sites for hydroxylation is 1. The van der Waals surface area contributed by atoms with Gasteiger partial charge in [0, 0.05) is 5.92 Å². The van der Waals surface area contributed by atoms with E-state index in [1.807, 2.05) is 30.3 Å². The van der Waals surface area contributed by atoms with Gasteiger partial charge in [0.25, 0.3) is 0 Å². The van der Waals surface area contributed by atoms with Gasteiger partial charge < -0.3 is 5.11 Å². The monoisotopic (exact) mass is 317 g/mol. The number of hydroxylamine groups is 1. The summed E-state index contributed by atoms with van der Waals surface area (Å²) in [6.45, 7) is -0.568. The molecule has 0 aliphatic carbocycles. The first-order valence-corrected chi connectivity index (χ1v) is 7.50. The topological polar surface area (TPSA) is 58.6 Å². The molecule has 0 aliphatic rings. The summed E-state index contributed by atoms with van der Waals surface area (Å²) >= 11 is 0. The molecule has 1 amide bonds. The highest BCUT2D eigenvalue weighted by Gasteiger charge is 2.19. The van der Waals surface area contributed by atoms with Crippen molar-refractivity contribution < 1.29 is 19.1 Å². The third kappa shape index (κ3) is 5.81. The molecular formula is C18H20FNO3. The van der Waals surface area contributed by atoms with Crippen molar-refractivity contribution in [2.24, 2.45) is 5.92 Å². The summed E-state index contributed by atoms with van der Waals surface area (Å²) in [5.41, 5.74) is 4.27. The van der Waals surface area contributed by atoms with Gasteiger partial charge in [-0.25, -0.2) is 14.7 Å². The molecule has 5 heteroatoms. The van der Waals surface area contributed by atoms with Crippen LogP contribution in [0.15, 0.2) is 54.6 Å². The Balaban J connectivity index is 2.00. The SMILES string of the molecule is O=C(NOCO)[C@@H](CCc1ccc(F)cc1)Cc1ccccc1. The number of hydrogen-bond donors (Lipinski definition) is 2. The second-order valence-electron chi connectivity index (χ2n) is 5.29. The molecule has 0 saturated heterocycles. The minimum absolute atomic E-state index is 0.273. The fraction of sp³-hybridized carbons (Fsp3) is 0.278. The van der Waals surface area contributed by atoms with Crippen LogP contribution in [0.3, 0.4) is 0 Å². The first kappa shape index (κ1) is 17.1. The van der Waals surface area contributed by atoms with Crippen molar-refractivity contribution in [2.75, 3.05) is 6.79 Å².